The molecule has 1 N–H and O–H groups in total. The lowest BCUT2D eigenvalue weighted by Gasteiger charge is -2.60. The van der Waals surface area contributed by atoms with Gasteiger partial charge in [0.15, 0.2) is 0 Å². The first kappa shape index (κ1) is 28.8. The lowest BCUT2D eigenvalue weighted by Crippen LogP contribution is -2.56. The van der Waals surface area contributed by atoms with Crippen LogP contribution >= 0.6 is 0 Å². The monoisotopic (exact) mass is 530 g/mol. The van der Waals surface area contributed by atoms with Crippen LogP contribution in [0.15, 0.2) is 22.7 Å². The highest BCUT2D eigenvalue weighted by Crippen LogP contribution is 2.62. The summed E-state index contributed by atoms with van der Waals surface area (Å²) in [6, 6.07) is 0. The minimum Gasteiger partial charge on any atom is -0.489 e. The number of aliphatic hydroxyl groups is 1. The summed E-state index contributed by atoms with van der Waals surface area (Å²) in [5, 5.41) is 10.9. The minimum absolute atomic E-state index is 0.00394. The Labute approximate surface area is 227 Å². The Kier molecular flexibility index (Phi) is 9.38. The van der Waals surface area contributed by atoms with Gasteiger partial charge in [-0.1, -0.05) is 38.5 Å². The number of esters is 1. The van der Waals surface area contributed by atoms with E-state index in [2.05, 4.69) is 0 Å². The molecule has 2 unspecified atom stereocenters. The zero-order chi connectivity index (χ0) is 27.3. The van der Waals surface area contributed by atoms with Crippen LogP contribution in [0.4, 0.5) is 0 Å². The van der Waals surface area contributed by atoms with Crippen LogP contribution in [0.3, 0.4) is 0 Å². The van der Waals surface area contributed by atoms with Gasteiger partial charge in [-0.3, -0.25) is 14.4 Å². The van der Waals surface area contributed by atoms with Gasteiger partial charge >= 0.3 is 5.97 Å². The van der Waals surface area contributed by atoms with Crippen molar-refractivity contribution in [3.05, 3.63) is 22.7 Å². The number of Topliss-reactive ketones (excluding diaryl/α,β-unsaturated/α-hetero) is 2. The molecule has 0 aliphatic heterocycles. The fourth-order valence-electron chi connectivity index (χ4n) is 8.11. The molecule has 7 heteroatoms. The number of carbonyl (C=O) groups excluding carboxylic acids is 3. The summed E-state index contributed by atoms with van der Waals surface area (Å²) in [4.78, 5) is 37.7. The van der Waals surface area contributed by atoms with E-state index in [-0.39, 0.29) is 34.5 Å². The van der Waals surface area contributed by atoms with Gasteiger partial charge in [0.05, 0.1) is 32.8 Å². The summed E-state index contributed by atoms with van der Waals surface area (Å²) in [5.41, 5.74) is 0.469. The van der Waals surface area contributed by atoms with E-state index < -0.39 is 5.60 Å². The lowest BCUT2D eigenvalue weighted by atomic mass is 9.47. The first-order valence-electron chi connectivity index (χ1n) is 14.7. The maximum atomic E-state index is 12.7. The standard InChI is InChI=1S/C31H46O7/c1-21-24(27(34)29(37-3)28(36-2)26(21)33)12-10-8-6-4-5-7-9-11-13-38-25(32)19-30-15-22-14-23(16-30)18-31(35,17-22)20-30/h22-23,35H,4-20H2,1-3H3. The highest BCUT2D eigenvalue weighted by molar-refractivity contribution is 6.23. The summed E-state index contributed by atoms with van der Waals surface area (Å²) < 4.78 is 15.8. The van der Waals surface area contributed by atoms with Gasteiger partial charge in [-0.2, -0.15) is 0 Å². The Morgan fingerprint density at radius 1 is 0.842 bits per heavy atom. The quantitative estimate of drug-likeness (QED) is 0.164. The number of allylic oxidation sites excluding steroid dienone is 2. The van der Waals surface area contributed by atoms with E-state index in [1.54, 1.807) is 6.92 Å². The van der Waals surface area contributed by atoms with Crippen LogP contribution in [0.2, 0.25) is 0 Å². The lowest BCUT2D eigenvalue weighted by molar-refractivity contribution is -0.176. The van der Waals surface area contributed by atoms with Crippen molar-refractivity contribution in [2.45, 2.75) is 115 Å². The van der Waals surface area contributed by atoms with Crippen LogP contribution in [0.25, 0.3) is 0 Å². The Hall–Kier alpha value is -2.15. The summed E-state index contributed by atoms with van der Waals surface area (Å²) in [5.74, 6) is 0.614. The molecule has 38 heavy (non-hydrogen) atoms. The molecule has 212 valence electrons. The normalized spacial score (nSPS) is 30.3. The van der Waals surface area contributed by atoms with E-state index in [0.29, 0.717) is 42.4 Å². The van der Waals surface area contributed by atoms with Crippen molar-refractivity contribution in [3.63, 3.8) is 0 Å². The zero-order valence-electron chi connectivity index (χ0n) is 23.6. The van der Waals surface area contributed by atoms with Crippen molar-refractivity contribution < 1.29 is 33.7 Å². The molecule has 0 saturated heterocycles. The number of rotatable bonds is 15. The van der Waals surface area contributed by atoms with E-state index in [4.69, 9.17) is 14.2 Å². The smallest absolute Gasteiger partial charge is 0.306 e. The van der Waals surface area contributed by atoms with Crippen molar-refractivity contribution in [1.29, 1.82) is 0 Å². The molecule has 4 bridgehead atoms. The molecule has 0 aromatic rings. The van der Waals surface area contributed by atoms with E-state index in [1.807, 2.05) is 0 Å². The Balaban J connectivity index is 1.03. The van der Waals surface area contributed by atoms with Gasteiger partial charge in [0.1, 0.15) is 0 Å². The number of hydrogen-bond donors (Lipinski definition) is 1. The highest BCUT2D eigenvalue weighted by atomic mass is 16.5. The Morgan fingerprint density at radius 2 is 1.39 bits per heavy atom. The van der Waals surface area contributed by atoms with Gasteiger partial charge in [-0.15, -0.1) is 0 Å². The average molecular weight is 531 g/mol. The minimum atomic E-state index is -0.522. The van der Waals surface area contributed by atoms with E-state index in [9.17, 15) is 19.5 Å². The zero-order valence-corrected chi connectivity index (χ0v) is 23.6. The molecule has 4 fully saturated rings. The topological polar surface area (TPSA) is 99.1 Å². The number of carbonyl (C=O) groups is 3. The van der Waals surface area contributed by atoms with Crippen molar-refractivity contribution in [1.82, 2.24) is 0 Å². The third-order valence-corrected chi connectivity index (χ3v) is 9.35. The van der Waals surface area contributed by atoms with Gasteiger partial charge in [0.2, 0.25) is 23.1 Å². The molecule has 2 atom stereocenters. The average Bonchev–Trinajstić information content (AvgIpc) is 2.84. The second kappa shape index (κ2) is 12.4. The number of unbranched alkanes of at least 4 members (excludes halogenated alkanes) is 7. The largest absolute Gasteiger partial charge is 0.489 e. The van der Waals surface area contributed by atoms with Crippen molar-refractivity contribution >= 4 is 17.5 Å². The predicted octanol–water partition coefficient (Wildman–Crippen LogP) is 5.73. The van der Waals surface area contributed by atoms with Crippen molar-refractivity contribution in [2.24, 2.45) is 17.3 Å². The SMILES string of the molecule is COC1=C(OC)C(=O)C(CCCCCCCCCCOC(=O)CC23CC4CC(CC(O)(C4)C2)C3)=C(C)C1=O. The fourth-order valence-corrected chi connectivity index (χ4v) is 8.11. The van der Waals surface area contributed by atoms with Gasteiger partial charge in [-0.25, -0.2) is 0 Å². The molecule has 7 nitrogen and oxygen atoms in total. The molecule has 0 aromatic carbocycles. The van der Waals surface area contributed by atoms with Crippen LogP contribution in [0, 0.1) is 17.3 Å². The van der Waals surface area contributed by atoms with Gasteiger partial charge < -0.3 is 19.3 Å². The third-order valence-electron chi connectivity index (χ3n) is 9.35. The molecule has 0 spiro atoms. The van der Waals surface area contributed by atoms with Crippen molar-refractivity contribution in [3.8, 4) is 0 Å². The molecule has 0 radical (unpaired) electrons. The molecule has 5 aliphatic carbocycles. The van der Waals surface area contributed by atoms with Gasteiger partial charge in [0.25, 0.3) is 0 Å². The number of methoxy groups -OCH3 is 2. The van der Waals surface area contributed by atoms with Crippen molar-refractivity contribution in [2.75, 3.05) is 20.8 Å². The molecular formula is C31H46O7. The number of ether oxygens (including phenoxy) is 3. The highest BCUT2D eigenvalue weighted by Gasteiger charge is 2.57. The van der Waals surface area contributed by atoms with Crippen LogP contribution in [0.5, 0.6) is 0 Å². The maximum absolute atomic E-state index is 12.7. The number of hydrogen-bond acceptors (Lipinski definition) is 7. The second-order valence-corrected chi connectivity index (χ2v) is 12.5. The predicted molar refractivity (Wildman–Crippen MR) is 143 cm³/mol. The summed E-state index contributed by atoms with van der Waals surface area (Å²) in [6.07, 6.45) is 15.4. The molecule has 0 aromatic heterocycles. The number of ketones is 2. The first-order valence-corrected chi connectivity index (χ1v) is 14.7. The van der Waals surface area contributed by atoms with Crippen LogP contribution in [-0.4, -0.2) is 49.1 Å². The fraction of sp³-hybridized carbons (Fsp3) is 0.774. The van der Waals surface area contributed by atoms with E-state index in [1.165, 1.54) is 20.6 Å². The molecule has 0 amide bonds. The van der Waals surface area contributed by atoms with E-state index in [0.717, 1.165) is 83.5 Å². The molecule has 5 rings (SSSR count). The second-order valence-electron chi connectivity index (χ2n) is 12.5. The molecule has 4 saturated carbocycles. The Morgan fingerprint density at radius 3 is 1.97 bits per heavy atom. The van der Waals surface area contributed by atoms with E-state index >= 15 is 0 Å². The van der Waals surface area contributed by atoms with Gasteiger partial charge in [-0.05, 0) is 82.0 Å². The Bertz CT molecular complexity index is 961. The first-order chi connectivity index (χ1) is 18.2. The molecule has 0 heterocycles. The summed E-state index contributed by atoms with van der Waals surface area (Å²) >= 11 is 0. The van der Waals surface area contributed by atoms with Crippen LogP contribution in [0.1, 0.15) is 110 Å². The molecule has 5 aliphatic rings. The third kappa shape index (κ3) is 6.52. The summed E-state index contributed by atoms with van der Waals surface area (Å²) in [6.45, 7) is 2.18. The molecular weight excluding hydrogens is 484 g/mol. The maximum Gasteiger partial charge on any atom is 0.306 e. The van der Waals surface area contributed by atoms with Crippen LogP contribution in [-0.2, 0) is 28.6 Å². The van der Waals surface area contributed by atoms with Gasteiger partial charge in [0, 0.05) is 11.1 Å². The van der Waals surface area contributed by atoms with Crippen LogP contribution < -0.4 is 0 Å². The summed E-state index contributed by atoms with van der Waals surface area (Å²) in [7, 11) is 2.76.